The van der Waals surface area contributed by atoms with Gasteiger partial charge in [0.1, 0.15) is 17.3 Å². The monoisotopic (exact) mass is 303 g/mol. The third-order valence-corrected chi connectivity index (χ3v) is 4.01. The standard InChI is InChI=1S/C15H21N5O2/c1-9(2)13-18-12-10(3-5-17-15(12)22)14(19-13)20-7-4-11(21)16-6-8-20/h9H,3-8H2,1-2H3,(H,16,21)(H,17,22). The molecule has 0 radical (unpaired) electrons. The Balaban J connectivity index is 2.05. The van der Waals surface area contributed by atoms with Gasteiger partial charge in [0.2, 0.25) is 5.91 Å². The van der Waals surface area contributed by atoms with Crippen LogP contribution in [0.3, 0.4) is 0 Å². The van der Waals surface area contributed by atoms with Crippen molar-refractivity contribution in [2.24, 2.45) is 0 Å². The Bertz CT molecular complexity index is 614. The van der Waals surface area contributed by atoms with Crippen LogP contribution >= 0.6 is 0 Å². The Morgan fingerprint density at radius 3 is 2.64 bits per heavy atom. The molecule has 1 aromatic rings. The van der Waals surface area contributed by atoms with Crippen molar-refractivity contribution in [3.05, 3.63) is 17.1 Å². The lowest BCUT2D eigenvalue weighted by atomic mass is 10.0. The first-order chi connectivity index (χ1) is 10.6. The first-order valence-corrected chi connectivity index (χ1v) is 7.77. The van der Waals surface area contributed by atoms with Gasteiger partial charge in [-0.15, -0.1) is 0 Å². The third-order valence-electron chi connectivity index (χ3n) is 4.01. The van der Waals surface area contributed by atoms with Crippen molar-refractivity contribution in [2.45, 2.75) is 32.6 Å². The first kappa shape index (κ1) is 14.7. The summed E-state index contributed by atoms with van der Waals surface area (Å²) >= 11 is 0. The lowest BCUT2D eigenvalue weighted by molar-refractivity contribution is -0.120. The van der Waals surface area contributed by atoms with Crippen LogP contribution in [0.4, 0.5) is 5.82 Å². The fourth-order valence-electron chi connectivity index (χ4n) is 2.79. The van der Waals surface area contributed by atoms with Crippen LogP contribution in [-0.4, -0.2) is 48.0 Å². The number of amides is 2. The van der Waals surface area contributed by atoms with Gasteiger partial charge in [-0.25, -0.2) is 9.97 Å². The predicted octanol–water partition coefficient (Wildman–Crippen LogP) is 0.212. The van der Waals surface area contributed by atoms with E-state index in [1.807, 2.05) is 13.8 Å². The number of nitrogens with one attached hydrogen (secondary N) is 2. The molecule has 2 N–H and O–H groups in total. The molecule has 118 valence electrons. The minimum absolute atomic E-state index is 0.0623. The summed E-state index contributed by atoms with van der Waals surface area (Å²) in [7, 11) is 0. The molecule has 0 aliphatic carbocycles. The summed E-state index contributed by atoms with van der Waals surface area (Å²) in [6.07, 6.45) is 1.18. The minimum Gasteiger partial charge on any atom is -0.354 e. The van der Waals surface area contributed by atoms with Crippen LogP contribution in [0.2, 0.25) is 0 Å². The number of nitrogens with zero attached hydrogens (tertiary/aromatic N) is 3. The van der Waals surface area contributed by atoms with E-state index in [0.29, 0.717) is 44.1 Å². The van der Waals surface area contributed by atoms with Gasteiger partial charge in [0.15, 0.2) is 0 Å². The topological polar surface area (TPSA) is 87.2 Å². The number of hydrogen-bond acceptors (Lipinski definition) is 5. The smallest absolute Gasteiger partial charge is 0.270 e. The Morgan fingerprint density at radius 1 is 1.05 bits per heavy atom. The Kier molecular flexibility index (Phi) is 3.96. The number of anilines is 1. The maximum absolute atomic E-state index is 12.1. The van der Waals surface area contributed by atoms with E-state index in [2.05, 4.69) is 20.5 Å². The number of fused-ring (bicyclic) bond motifs is 1. The van der Waals surface area contributed by atoms with Gasteiger partial charge in [0, 0.05) is 44.1 Å². The van der Waals surface area contributed by atoms with Crippen molar-refractivity contribution in [2.75, 3.05) is 31.1 Å². The average Bonchev–Trinajstić information content (AvgIpc) is 2.71. The highest BCUT2D eigenvalue weighted by Crippen LogP contribution is 2.26. The molecule has 7 nitrogen and oxygen atoms in total. The van der Waals surface area contributed by atoms with Gasteiger partial charge >= 0.3 is 0 Å². The van der Waals surface area contributed by atoms with Crippen molar-refractivity contribution in [3.63, 3.8) is 0 Å². The van der Waals surface area contributed by atoms with E-state index in [0.717, 1.165) is 17.8 Å². The zero-order valence-corrected chi connectivity index (χ0v) is 13.0. The molecule has 3 rings (SSSR count). The second-order valence-corrected chi connectivity index (χ2v) is 5.98. The molecule has 7 heteroatoms. The van der Waals surface area contributed by atoms with Gasteiger partial charge in [-0.2, -0.15) is 0 Å². The highest BCUT2D eigenvalue weighted by atomic mass is 16.2. The molecule has 0 aromatic carbocycles. The Hall–Kier alpha value is -2.18. The van der Waals surface area contributed by atoms with Gasteiger partial charge in [0.25, 0.3) is 5.91 Å². The van der Waals surface area contributed by atoms with Crippen LogP contribution in [0.5, 0.6) is 0 Å². The quantitative estimate of drug-likeness (QED) is 0.815. The molecule has 0 saturated carbocycles. The normalized spacial score (nSPS) is 18.6. The minimum atomic E-state index is -0.129. The zero-order chi connectivity index (χ0) is 15.7. The zero-order valence-electron chi connectivity index (χ0n) is 13.0. The maximum Gasteiger partial charge on any atom is 0.270 e. The van der Waals surface area contributed by atoms with Crippen LogP contribution in [0.25, 0.3) is 0 Å². The van der Waals surface area contributed by atoms with E-state index in [-0.39, 0.29) is 17.7 Å². The number of rotatable bonds is 2. The van der Waals surface area contributed by atoms with E-state index >= 15 is 0 Å². The van der Waals surface area contributed by atoms with Gasteiger partial charge in [-0.05, 0) is 6.42 Å². The summed E-state index contributed by atoms with van der Waals surface area (Å²) in [5, 5.41) is 5.71. The van der Waals surface area contributed by atoms with Crippen molar-refractivity contribution >= 4 is 17.6 Å². The van der Waals surface area contributed by atoms with E-state index in [1.165, 1.54) is 0 Å². The highest BCUT2D eigenvalue weighted by molar-refractivity contribution is 5.96. The lowest BCUT2D eigenvalue weighted by Crippen LogP contribution is -2.37. The summed E-state index contributed by atoms with van der Waals surface area (Å²) in [5.41, 5.74) is 1.39. The Labute approximate surface area is 129 Å². The molecule has 2 amide bonds. The Morgan fingerprint density at radius 2 is 1.86 bits per heavy atom. The highest BCUT2D eigenvalue weighted by Gasteiger charge is 2.27. The molecular formula is C15H21N5O2. The number of carbonyl (C=O) groups excluding carboxylic acids is 2. The molecule has 2 aliphatic rings. The molecule has 0 unspecified atom stereocenters. The summed E-state index contributed by atoms with van der Waals surface area (Å²) in [6.45, 7) is 6.55. The van der Waals surface area contributed by atoms with E-state index in [9.17, 15) is 9.59 Å². The molecular weight excluding hydrogens is 282 g/mol. The number of carbonyl (C=O) groups is 2. The molecule has 0 bridgehead atoms. The summed E-state index contributed by atoms with van der Waals surface area (Å²) in [5.74, 6) is 1.57. The number of hydrogen-bond donors (Lipinski definition) is 2. The molecule has 0 atom stereocenters. The van der Waals surface area contributed by atoms with Crippen molar-refractivity contribution < 1.29 is 9.59 Å². The van der Waals surface area contributed by atoms with E-state index in [1.54, 1.807) is 0 Å². The third kappa shape index (κ3) is 2.75. The SMILES string of the molecule is CC(C)c1nc2c(c(N3CCNC(=O)CC3)n1)CCNC2=O. The van der Waals surface area contributed by atoms with Gasteiger partial charge in [0.05, 0.1) is 0 Å². The molecule has 2 aliphatic heterocycles. The van der Waals surface area contributed by atoms with Crippen LogP contribution in [0.1, 0.15) is 48.1 Å². The van der Waals surface area contributed by atoms with Gasteiger partial charge in [-0.3, -0.25) is 9.59 Å². The van der Waals surface area contributed by atoms with Crippen molar-refractivity contribution in [1.29, 1.82) is 0 Å². The summed E-state index contributed by atoms with van der Waals surface area (Å²) in [4.78, 5) is 34.9. The van der Waals surface area contributed by atoms with Crippen molar-refractivity contribution in [3.8, 4) is 0 Å². The van der Waals surface area contributed by atoms with Crippen LogP contribution in [-0.2, 0) is 11.2 Å². The second-order valence-electron chi connectivity index (χ2n) is 5.98. The summed E-state index contributed by atoms with van der Waals surface area (Å²) in [6, 6.07) is 0. The van der Waals surface area contributed by atoms with E-state index in [4.69, 9.17) is 4.98 Å². The van der Waals surface area contributed by atoms with Crippen LogP contribution in [0.15, 0.2) is 0 Å². The second kappa shape index (κ2) is 5.90. The molecule has 3 heterocycles. The van der Waals surface area contributed by atoms with Gasteiger partial charge in [-0.1, -0.05) is 13.8 Å². The fraction of sp³-hybridized carbons (Fsp3) is 0.600. The fourth-order valence-corrected chi connectivity index (χ4v) is 2.79. The van der Waals surface area contributed by atoms with Crippen LogP contribution in [0, 0.1) is 0 Å². The molecule has 1 fully saturated rings. The summed E-state index contributed by atoms with van der Waals surface area (Å²) < 4.78 is 0. The number of aromatic nitrogens is 2. The first-order valence-electron chi connectivity index (χ1n) is 7.77. The maximum atomic E-state index is 12.1. The molecule has 1 aromatic heterocycles. The molecule has 1 saturated heterocycles. The van der Waals surface area contributed by atoms with Crippen molar-refractivity contribution in [1.82, 2.24) is 20.6 Å². The van der Waals surface area contributed by atoms with Crippen LogP contribution < -0.4 is 15.5 Å². The largest absolute Gasteiger partial charge is 0.354 e. The molecule has 22 heavy (non-hydrogen) atoms. The average molecular weight is 303 g/mol. The predicted molar refractivity (Wildman–Crippen MR) is 82.0 cm³/mol. The van der Waals surface area contributed by atoms with E-state index < -0.39 is 0 Å². The van der Waals surface area contributed by atoms with Gasteiger partial charge < -0.3 is 15.5 Å². The molecule has 0 spiro atoms. The lowest BCUT2D eigenvalue weighted by Gasteiger charge is -2.27.